The maximum absolute atomic E-state index is 13.4. The number of carbonyl (C=O) groups excluding carboxylic acids is 2. The van der Waals surface area contributed by atoms with Crippen LogP contribution in [-0.4, -0.2) is 34.5 Å². The standard InChI is InChI=1S/C26H23Br3O5/c1-32-21-12-8-18(9-13-21)23(30)26(28,29)16-25(17-27,20-6-4-3-5-7-20)34-24(31)19-10-14-22(33-2)15-11-19/h3-15H,16-17H2,1-2H3. The molecule has 0 spiro atoms. The van der Waals surface area contributed by atoms with E-state index in [4.69, 9.17) is 14.2 Å². The second kappa shape index (κ2) is 11.5. The fourth-order valence-electron chi connectivity index (χ4n) is 3.45. The molecule has 3 rings (SSSR count). The highest BCUT2D eigenvalue weighted by Gasteiger charge is 2.46. The van der Waals surface area contributed by atoms with Crippen LogP contribution in [0.1, 0.15) is 32.7 Å². The Hall–Kier alpha value is -2.16. The Morgan fingerprint density at radius 1 is 0.765 bits per heavy atom. The van der Waals surface area contributed by atoms with Crippen LogP contribution in [0.5, 0.6) is 11.5 Å². The molecule has 0 aliphatic heterocycles. The van der Waals surface area contributed by atoms with Gasteiger partial charge in [-0.1, -0.05) is 78.1 Å². The Morgan fingerprint density at radius 2 is 1.26 bits per heavy atom. The van der Waals surface area contributed by atoms with Crippen LogP contribution in [0.15, 0.2) is 78.9 Å². The largest absolute Gasteiger partial charge is 0.497 e. The molecule has 0 N–H and O–H groups in total. The maximum Gasteiger partial charge on any atom is 0.339 e. The zero-order chi connectivity index (χ0) is 24.8. The Labute approximate surface area is 224 Å². The van der Waals surface area contributed by atoms with Gasteiger partial charge in [0, 0.05) is 17.3 Å². The maximum atomic E-state index is 13.4. The lowest BCUT2D eigenvalue weighted by molar-refractivity contribution is -0.0136. The molecule has 3 aromatic rings. The summed E-state index contributed by atoms with van der Waals surface area (Å²) >= 11 is 10.7. The second-order valence-electron chi connectivity index (χ2n) is 7.55. The minimum absolute atomic E-state index is 0.113. The average Bonchev–Trinajstić information content (AvgIpc) is 2.88. The monoisotopic (exact) mass is 652 g/mol. The van der Waals surface area contributed by atoms with Crippen molar-refractivity contribution >= 4 is 59.5 Å². The predicted octanol–water partition coefficient (Wildman–Crippen LogP) is 6.91. The van der Waals surface area contributed by atoms with Crippen molar-refractivity contribution in [1.82, 2.24) is 0 Å². The number of alkyl halides is 3. The molecule has 0 aromatic heterocycles. The molecule has 0 radical (unpaired) electrons. The minimum Gasteiger partial charge on any atom is -0.497 e. The summed E-state index contributed by atoms with van der Waals surface area (Å²) in [5.41, 5.74) is 0.443. The molecule has 0 heterocycles. The van der Waals surface area contributed by atoms with Gasteiger partial charge in [-0.25, -0.2) is 4.79 Å². The van der Waals surface area contributed by atoms with E-state index < -0.39 is 14.8 Å². The van der Waals surface area contributed by atoms with Crippen molar-refractivity contribution in [3.05, 3.63) is 95.6 Å². The van der Waals surface area contributed by atoms with Gasteiger partial charge in [0.15, 0.2) is 5.78 Å². The third kappa shape index (κ3) is 6.09. The van der Waals surface area contributed by atoms with Crippen molar-refractivity contribution in [1.29, 1.82) is 0 Å². The number of carbonyl (C=O) groups is 2. The van der Waals surface area contributed by atoms with Gasteiger partial charge in [0.25, 0.3) is 0 Å². The van der Waals surface area contributed by atoms with Crippen LogP contribution in [-0.2, 0) is 10.3 Å². The Balaban J connectivity index is 1.95. The zero-order valence-electron chi connectivity index (χ0n) is 18.6. The highest BCUT2D eigenvalue weighted by atomic mass is 79.9. The number of ketones is 1. The lowest BCUT2D eigenvalue weighted by Gasteiger charge is -2.36. The van der Waals surface area contributed by atoms with Crippen molar-refractivity contribution in [2.45, 2.75) is 15.3 Å². The smallest absolute Gasteiger partial charge is 0.339 e. The van der Waals surface area contributed by atoms with Gasteiger partial charge in [-0.3, -0.25) is 4.79 Å². The van der Waals surface area contributed by atoms with Gasteiger partial charge in [-0.15, -0.1) is 0 Å². The van der Waals surface area contributed by atoms with Gasteiger partial charge >= 0.3 is 5.97 Å². The SMILES string of the molecule is COc1ccc(C(=O)OC(CBr)(CC(Br)(Br)C(=O)c2ccc(OC)cc2)c2ccccc2)cc1. The number of esters is 1. The molecule has 34 heavy (non-hydrogen) atoms. The molecule has 3 aromatic carbocycles. The van der Waals surface area contributed by atoms with Crippen LogP contribution in [0.4, 0.5) is 0 Å². The summed E-state index contributed by atoms with van der Waals surface area (Å²) in [7, 11) is 3.13. The Bertz CT molecular complexity index is 1120. The van der Waals surface area contributed by atoms with Crippen LogP contribution >= 0.6 is 47.8 Å². The van der Waals surface area contributed by atoms with Crippen molar-refractivity contribution in [2.24, 2.45) is 0 Å². The molecule has 0 bridgehead atoms. The third-order valence-corrected chi connectivity index (χ3v) is 7.51. The molecule has 1 atom stereocenters. The van der Waals surface area contributed by atoms with Crippen molar-refractivity contribution in [2.75, 3.05) is 19.5 Å². The fraction of sp³-hybridized carbons (Fsp3) is 0.231. The first kappa shape index (κ1) is 26.4. The lowest BCUT2D eigenvalue weighted by Crippen LogP contribution is -2.42. The summed E-state index contributed by atoms with van der Waals surface area (Å²) in [5.74, 6) is 0.561. The molecule has 178 valence electrons. The van der Waals surface area contributed by atoms with Crippen LogP contribution in [0.2, 0.25) is 0 Å². The van der Waals surface area contributed by atoms with Gasteiger partial charge in [0.05, 0.1) is 19.8 Å². The van der Waals surface area contributed by atoms with E-state index in [1.807, 2.05) is 30.3 Å². The molecule has 0 saturated carbocycles. The first-order valence-corrected chi connectivity index (χ1v) is 13.0. The summed E-state index contributed by atoms with van der Waals surface area (Å²) in [5, 5.41) is 0.265. The Morgan fingerprint density at radius 3 is 1.74 bits per heavy atom. The van der Waals surface area contributed by atoms with Crippen LogP contribution in [0.3, 0.4) is 0 Å². The summed E-state index contributed by atoms with van der Waals surface area (Å²) in [6.45, 7) is 0. The van der Waals surface area contributed by atoms with Crippen molar-refractivity contribution in [3.8, 4) is 11.5 Å². The molecule has 0 aliphatic rings. The molecular weight excluding hydrogens is 632 g/mol. The number of ether oxygens (including phenoxy) is 3. The van der Waals surface area contributed by atoms with Gasteiger partial charge < -0.3 is 14.2 Å². The molecule has 0 fully saturated rings. The molecule has 5 nitrogen and oxygen atoms in total. The average molecular weight is 655 g/mol. The predicted molar refractivity (Wildman–Crippen MR) is 143 cm³/mol. The number of benzene rings is 3. The minimum atomic E-state index is -1.21. The normalized spacial score (nSPS) is 13.0. The molecule has 0 aliphatic carbocycles. The topological polar surface area (TPSA) is 61.8 Å². The zero-order valence-corrected chi connectivity index (χ0v) is 23.4. The van der Waals surface area contributed by atoms with Gasteiger partial charge in [0.2, 0.25) is 0 Å². The molecule has 8 heteroatoms. The van der Waals surface area contributed by atoms with E-state index >= 15 is 0 Å². The number of rotatable bonds is 10. The van der Waals surface area contributed by atoms with E-state index in [-0.39, 0.29) is 17.5 Å². The third-order valence-electron chi connectivity index (χ3n) is 5.32. The molecule has 1 unspecified atom stereocenters. The summed E-state index contributed by atoms with van der Waals surface area (Å²) in [6.07, 6.45) is 0.113. The summed E-state index contributed by atoms with van der Waals surface area (Å²) < 4.78 is 15.3. The first-order valence-electron chi connectivity index (χ1n) is 10.3. The first-order chi connectivity index (χ1) is 16.2. The van der Waals surface area contributed by atoms with E-state index in [1.54, 1.807) is 62.8 Å². The second-order valence-corrected chi connectivity index (χ2v) is 11.9. The van der Waals surface area contributed by atoms with Crippen molar-refractivity contribution < 1.29 is 23.8 Å². The van der Waals surface area contributed by atoms with E-state index in [9.17, 15) is 9.59 Å². The fourth-order valence-corrected chi connectivity index (χ4v) is 5.45. The van der Waals surface area contributed by atoms with Gasteiger partial charge in [0.1, 0.15) is 20.3 Å². The number of halogens is 3. The number of hydrogen-bond donors (Lipinski definition) is 0. The number of hydrogen-bond acceptors (Lipinski definition) is 5. The molecular formula is C26H23Br3O5. The quantitative estimate of drug-likeness (QED) is 0.135. The van der Waals surface area contributed by atoms with Crippen LogP contribution < -0.4 is 9.47 Å². The molecule has 0 saturated heterocycles. The summed E-state index contributed by atoms with van der Waals surface area (Å²) in [4.78, 5) is 26.6. The van der Waals surface area contributed by atoms with E-state index in [0.717, 1.165) is 5.56 Å². The molecule has 0 amide bonds. The number of Topliss-reactive ketones (excluding diaryl/α,β-unsaturated/α-hetero) is 1. The van der Waals surface area contributed by atoms with Gasteiger partial charge in [-0.2, -0.15) is 0 Å². The van der Waals surface area contributed by atoms with Crippen molar-refractivity contribution in [3.63, 3.8) is 0 Å². The Kier molecular flexibility index (Phi) is 8.95. The number of methoxy groups -OCH3 is 2. The van der Waals surface area contributed by atoms with Crippen LogP contribution in [0.25, 0.3) is 0 Å². The lowest BCUT2D eigenvalue weighted by atomic mass is 9.88. The van der Waals surface area contributed by atoms with Gasteiger partial charge in [-0.05, 0) is 54.1 Å². The van der Waals surface area contributed by atoms with E-state index in [1.165, 1.54) is 0 Å². The van der Waals surface area contributed by atoms with E-state index in [0.29, 0.717) is 22.6 Å². The highest BCUT2D eigenvalue weighted by Crippen LogP contribution is 2.45. The van der Waals surface area contributed by atoms with E-state index in [2.05, 4.69) is 47.8 Å². The highest BCUT2D eigenvalue weighted by molar-refractivity contribution is 9.26. The summed E-state index contributed by atoms with van der Waals surface area (Å²) in [6, 6.07) is 22.9. The van der Waals surface area contributed by atoms with Crippen LogP contribution in [0, 0.1) is 0 Å².